The molecule has 0 atom stereocenters. The van der Waals surface area contributed by atoms with Gasteiger partial charge in [0.05, 0.1) is 17.6 Å². The first-order chi connectivity index (χ1) is 11.0. The highest BCUT2D eigenvalue weighted by molar-refractivity contribution is 6.09. The smallest absolute Gasteiger partial charge is 0.237 e. The van der Waals surface area contributed by atoms with Crippen molar-refractivity contribution in [2.75, 3.05) is 4.90 Å². The lowest BCUT2D eigenvalue weighted by Crippen LogP contribution is -2.35. The Morgan fingerprint density at radius 2 is 1.78 bits per heavy atom. The van der Waals surface area contributed by atoms with Crippen LogP contribution < -0.4 is 4.90 Å². The number of nitrogens with zero attached hydrogens (tertiary/aromatic N) is 1. The number of phenolic OH excluding ortho intramolecular Hbond substituents is 1. The molecule has 0 unspecified atom stereocenters. The monoisotopic (exact) mass is 309 g/mol. The van der Waals surface area contributed by atoms with Gasteiger partial charge in [-0.15, -0.1) is 0 Å². The number of hydrogen-bond donors (Lipinski definition) is 1. The summed E-state index contributed by atoms with van der Waals surface area (Å²) in [7, 11) is 0. The Kier molecular flexibility index (Phi) is 3.88. The topological polar surface area (TPSA) is 40.5 Å². The van der Waals surface area contributed by atoms with Gasteiger partial charge in [0.1, 0.15) is 5.75 Å². The van der Waals surface area contributed by atoms with Gasteiger partial charge < -0.3 is 10.0 Å². The van der Waals surface area contributed by atoms with Crippen LogP contribution in [-0.4, -0.2) is 11.0 Å². The summed E-state index contributed by atoms with van der Waals surface area (Å²) in [5.41, 5.74) is 3.21. The maximum Gasteiger partial charge on any atom is 0.237 e. The maximum atomic E-state index is 13.0. The summed E-state index contributed by atoms with van der Waals surface area (Å²) >= 11 is 0. The number of fused-ring (bicyclic) bond motifs is 1. The number of carbonyl (C=O) groups excluding carboxylic acids is 1. The summed E-state index contributed by atoms with van der Waals surface area (Å²) in [4.78, 5) is 14.9. The summed E-state index contributed by atoms with van der Waals surface area (Å²) in [6, 6.07) is 13.7. The fourth-order valence-corrected chi connectivity index (χ4v) is 3.48. The van der Waals surface area contributed by atoms with Gasteiger partial charge in [-0.2, -0.15) is 0 Å². The van der Waals surface area contributed by atoms with E-state index in [1.54, 1.807) is 6.07 Å². The fourth-order valence-electron chi connectivity index (χ4n) is 3.48. The van der Waals surface area contributed by atoms with Gasteiger partial charge >= 0.3 is 0 Å². The second kappa shape index (κ2) is 5.73. The molecule has 0 saturated heterocycles. The van der Waals surface area contributed by atoms with Crippen LogP contribution in [0.25, 0.3) is 0 Å². The molecule has 1 aliphatic rings. The van der Waals surface area contributed by atoms with Crippen LogP contribution in [0.1, 0.15) is 43.9 Å². The van der Waals surface area contributed by atoms with Crippen LogP contribution >= 0.6 is 0 Å². The Bertz CT molecular complexity index is 735. The Morgan fingerprint density at radius 1 is 1.09 bits per heavy atom. The SMILES string of the molecule is CCCc1ccc(O)c2c1N(Cc1ccccc1)C(=O)C2(C)C. The summed E-state index contributed by atoms with van der Waals surface area (Å²) < 4.78 is 0. The molecule has 3 heteroatoms. The molecule has 0 fully saturated rings. The normalized spacial score (nSPS) is 15.8. The quantitative estimate of drug-likeness (QED) is 0.921. The van der Waals surface area contributed by atoms with Crippen LogP contribution in [0.4, 0.5) is 5.69 Å². The predicted molar refractivity (Wildman–Crippen MR) is 92.8 cm³/mol. The summed E-state index contributed by atoms with van der Waals surface area (Å²) in [6.45, 7) is 6.46. The van der Waals surface area contributed by atoms with E-state index in [1.807, 2.05) is 55.1 Å². The van der Waals surface area contributed by atoms with Crippen molar-refractivity contribution < 1.29 is 9.90 Å². The third kappa shape index (κ3) is 2.50. The molecule has 1 N–H and O–H groups in total. The lowest BCUT2D eigenvalue weighted by atomic mass is 9.84. The van der Waals surface area contributed by atoms with Gasteiger partial charge in [0.25, 0.3) is 0 Å². The molecule has 0 aromatic heterocycles. The van der Waals surface area contributed by atoms with Crippen molar-refractivity contribution in [3.8, 4) is 5.75 Å². The highest BCUT2D eigenvalue weighted by Gasteiger charge is 2.46. The third-order valence-corrected chi connectivity index (χ3v) is 4.62. The van der Waals surface area contributed by atoms with Crippen molar-refractivity contribution in [2.45, 2.75) is 45.6 Å². The average molecular weight is 309 g/mol. The standard InChI is InChI=1S/C20H23NO2/c1-4-8-15-11-12-16(22)17-18(15)21(19(23)20(17,2)3)13-14-9-6-5-7-10-14/h5-7,9-12,22H,4,8,13H2,1-3H3. The Hall–Kier alpha value is -2.29. The number of aryl methyl sites for hydroxylation is 1. The van der Waals surface area contributed by atoms with Crippen LogP contribution in [0, 0.1) is 0 Å². The highest BCUT2D eigenvalue weighted by Crippen LogP contribution is 2.48. The Morgan fingerprint density at radius 3 is 2.43 bits per heavy atom. The van der Waals surface area contributed by atoms with E-state index in [-0.39, 0.29) is 11.7 Å². The van der Waals surface area contributed by atoms with Gasteiger partial charge in [-0.3, -0.25) is 4.79 Å². The zero-order chi connectivity index (χ0) is 16.6. The van der Waals surface area contributed by atoms with Gasteiger partial charge in [0.15, 0.2) is 0 Å². The van der Waals surface area contributed by atoms with E-state index in [9.17, 15) is 9.90 Å². The number of amides is 1. The highest BCUT2D eigenvalue weighted by atomic mass is 16.3. The van der Waals surface area contributed by atoms with Crippen LogP contribution in [0.3, 0.4) is 0 Å². The van der Waals surface area contributed by atoms with Crippen molar-refractivity contribution in [1.29, 1.82) is 0 Å². The van der Waals surface area contributed by atoms with E-state index in [4.69, 9.17) is 0 Å². The van der Waals surface area contributed by atoms with Gasteiger partial charge in [-0.1, -0.05) is 49.7 Å². The van der Waals surface area contributed by atoms with Gasteiger partial charge in [-0.05, 0) is 37.5 Å². The van der Waals surface area contributed by atoms with E-state index in [0.29, 0.717) is 6.54 Å². The molecule has 1 amide bonds. The average Bonchev–Trinajstić information content (AvgIpc) is 2.73. The van der Waals surface area contributed by atoms with Crippen LogP contribution in [0.2, 0.25) is 0 Å². The first-order valence-electron chi connectivity index (χ1n) is 8.18. The molecular weight excluding hydrogens is 286 g/mol. The number of rotatable bonds is 4. The minimum atomic E-state index is -0.696. The number of anilines is 1. The zero-order valence-corrected chi connectivity index (χ0v) is 14.0. The molecule has 3 rings (SSSR count). The van der Waals surface area contributed by atoms with E-state index in [2.05, 4.69) is 6.92 Å². The second-order valence-corrected chi connectivity index (χ2v) is 6.72. The molecule has 0 radical (unpaired) electrons. The van der Waals surface area contributed by atoms with Gasteiger partial charge in [0, 0.05) is 5.56 Å². The van der Waals surface area contributed by atoms with E-state index in [0.717, 1.165) is 35.2 Å². The molecule has 23 heavy (non-hydrogen) atoms. The van der Waals surface area contributed by atoms with Crippen molar-refractivity contribution in [3.05, 3.63) is 59.2 Å². The third-order valence-electron chi connectivity index (χ3n) is 4.62. The molecule has 0 spiro atoms. The first kappa shape index (κ1) is 15.6. The van der Waals surface area contributed by atoms with Crippen molar-refractivity contribution in [1.82, 2.24) is 0 Å². The number of aromatic hydroxyl groups is 1. The molecule has 0 aliphatic carbocycles. The molecule has 2 aromatic rings. The maximum absolute atomic E-state index is 13.0. The first-order valence-corrected chi connectivity index (χ1v) is 8.18. The minimum Gasteiger partial charge on any atom is -0.508 e. The second-order valence-electron chi connectivity index (χ2n) is 6.72. The molecular formula is C20H23NO2. The number of benzene rings is 2. The van der Waals surface area contributed by atoms with Crippen molar-refractivity contribution >= 4 is 11.6 Å². The Balaban J connectivity index is 2.13. The zero-order valence-electron chi connectivity index (χ0n) is 14.0. The van der Waals surface area contributed by atoms with Crippen LogP contribution in [-0.2, 0) is 23.2 Å². The molecule has 3 nitrogen and oxygen atoms in total. The number of carbonyl (C=O) groups is 1. The number of phenols is 1. The predicted octanol–water partition coefficient (Wildman–Crippen LogP) is 4.17. The van der Waals surface area contributed by atoms with E-state index >= 15 is 0 Å². The largest absolute Gasteiger partial charge is 0.508 e. The lowest BCUT2D eigenvalue weighted by Gasteiger charge is -2.21. The molecule has 2 aromatic carbocycles. The summed E-state index contributed by atoms with van der Waals surface area (Å²) in [6.07, 6.45) is 1.91. The van der Waals surface area contributed by atoms with Crippen molar-refractivity contribution in [3.63, 3.8) is 0 Å². The van der Waals surface area contributed by atoms with E-state index in [1.165, 1.54) is 0 Å². The summed E-state index contributed by atoms with van der Waals surface area (Å²) in [5, 5.41) is 10.4. The van der Waals surface area contributed by atoms with Gasteiger partial charge in [0.2, 0.25) is 5.91 Å². The minimum absolute atomic E-state index is 0.0511. The Labute approximate surface area is 137 Å². The van der Waals surface area contributed by atoms with Crippen molar-refractivity contribution in [2.24, 2.45) is 0 Å². The molecule has 1 aliphatic heterocycles. The fraction of sp³-hybridized carbons (Fsp3) is 0.350. The van der Waals surface area contributed by atoms with E-state index < -0.39 is 5.41 Å². The number of hydrogen-bond acceptors (Lipinski definition) is 2. The molecule has 0 saturated carbocycles. The lowest BCUT2D eigenvalue weighted by molar-refractivity contribution is -0.122. The molecule has 1 heterocycles. The van der Waals surface area contributed by atoms with Gasteiger partial charge in [-0.25, -0.2) is 0 Å². The van der Waals surface area contributed by atoms with Crippen LogP contribution in [0.15, 0.2) is 42.5 Å². The molecule has 120 valence electrons. The van der Waals surface area contributed by atoms with Crippen LogP contribution in [0.5, 0.6) is 5.75 Å². The summed E-state index contributed by atoms with van der Waals surface area (Å²) in [5.74, 6) is 0.268. The molecule has 0 bridgehead atoms.